The van der Waals surface area contributed by atoms with Crippen molar-refractivity contribution in [2.45, 2.75) is 26.2 Å². The van der Waals surface area contributed by atoms with Gasteiger partial charge in [0.15, 0.2) is 5.11 Å². The largest absolute Gasteiger partial charge is 0.332 e. The Labute approximate surface area is 177 Å². The number of hydrogen-bond acceptors (Lipinski definition) is 3. The summed E-state index contributed by atoms with van der Waals surface area (Å²) < 4.78 is 0.858. The van der Waals surface area contributed by atoms with Gasteiger partial charge in [-0.3, -0.25) is 10.1 Å². The van der Waals surface area contributed by atoms with Crippen LogP contribution in [0.2, 0.25) is 10.0 Å². The number of rotatable bonds is 4. The van der Waals surface area contributed by atoms with E-state index in [4.69, 9.17) is 35.4 Å². The van der Waals surface area contributed by atoms with Crippen LogP contribution >= 0.6 is 46.8 Å². The zero-order chi connectivity index (χ0) is 19.6. The van der Waals surface area contributed by atoms with Crippen LogP contribution in [0.5, 0.6) is 0 Å². The Kier molecular flexibility index (Phi) is 6.37. The van der Waals surface area contributed by atoms with Crippen molar-refractivity contribution >= 4 is 73.5 Å². The number of thiophene rings is 1. The Bertz CT molecular complexity index is 999. The molecule has 2 aromatic carbocycles. The predicted molar refractivity (Wildman–Crippen MR) is 121 cm³/mol. The molecule has 0 radical (unpaired) electrons. The van der Waals surface area contributed by atoms with Crippen LogP contribution in [-0.4, -0.2) is 11.0 Å². The van der Waals surface area contributed by atoms with Gasteiger partial charge in [-0.15, -0.1) is 11.3 Å². The lowest BCUT2D eigenvalue weighted by molar-refractivity contribution is 0.0982. The molecule has 0 aliphatic heterocycles. The molecule has 1 heterocycles. The fourth-order valence-corrected chi connectivity index (χ4v) is 4.54. The molecular weight excluding hydrogens is 419 g/mol. The van der Waals surface area contributed by atoms with Crippen LogP contribution in [-0.2, 0) is 0 Å². The molecule has 1 aromatic heterocycles. The minimum absolute atomic E-state index is 0.225. The number of carbonyl (C=O) groups excluding carboxylic acids is 1. The van der Waals surface area contributed by atoms with E-state index in [1.165, 1.54) is 16.9 Å². The second-order valence-electron chi connectivity index (χ2n) is 6.23. The summed E-state index contributed by atoms with van der Waals surface area (Å²) in [7, 11) is 0. The average Bonchev–Trinajstić information content (AvgIpc) is 2.97. The van der Waals surface area contributed by atoms with Crippen molar-refractivity contribution < 1.29 is 4.79 Å². The van der Waals surface area contributed by atoms with Crippen molar-refractivity contribution in [2.75, 3.05) is 5.32 Å². The lowest BCUT2D eigenvalue weighted by Crippen LogP contribution is -2.33. The normalized spacial score (nSPS) is 12.0. The molecule has 0 aliphatic rings. The monoisotopic (exact) mass is 436 g/mol. The van der Waals surface area contributed by atoms with Crippen molar-refractivity contribution in [1.29, 1.82) is 0 Å². The van der Waals surface area contributed by atoms with Crippen LogP contribution in [0.1, 0.15) is 41.4 Å². The standard InChI is InChI=1S/C20H18Cl2N2OS2/c1-3-11(2)12-4-7-14(8-5-12)23-20(26)24-19(25)18-17(22)15-9-6-13(21)10-16(15)27-18/h4-11H,3H2,1-2H3,(H2,23,24,25,26). The summed E-state index contributed by atoms with van der Waals surface area (Å²) >= 11 is 18.9. The van der Waals surface area contributed by atoms with Crippen LogP contribution in [0.4, 0.5) is 5.69 Å². The molecule has 2 N–H and O–H groups in total. The zero-order valence-electron chi connectivity index (χ0n) is 14.8. The molecule has 1 amide bonds. The molecule has 7 heteroatoms. The molecule has 3 rings (SSSR count). The van der Waals surface area contributed by atoms with Gasteiger partial charge in [-0.1, -0.05) is 55.2 Å². The minimum atomic E-state index is -0.342. The zero-order valence-corrected chi connectivity index (χ0v) is 18.0. The molecule has 0 fully saturated rings. The second kappa shape index (κ2) is 8.57. The fraction of sp³-hybridized carbons (Fsp3) is 0.200. The molecule has 140 valence electrons. The smallest absolute Gasteiger partial charge is 0.269 e. The maximum atomic E-state index is 12.6. The summed E-state index contributed by atoms with van der Waals surface area (Å²) in [5, 5.41) is 7.75. The molecule has 3 nitrogen and oxygen atoms in total. The van der Waals surface area contributed by atoms with Crippen molar-refractivity contribution in [3.8, 4) is 0 Å². The first-order chi connectivity index (χ1) is 12.9. The number of carbonyl (C=O) groups is 1. The fourth-order valence-electron chi connectivity index (χ4n) is 2.64. The van der Waals surface area contributed by atoms with E-state index in [2.05, 4.69) is 36.6 Å². The Morgan fingerprint density at radius 2 is 1.89 bits per heavy atom. The summed E-state index contributed by atoms with van der Waals surface area (Å²) in [4.78, 5) is 13.0. The van der Waals surface area contributed by atoms with Crippen molar-refractivity contribution in [2.24, 2.45) is 0 Å². The number of anilines is 1. The number of halogens is 2. The van der Waals surface area contributed by atoms with Crippen molar-refractivity contribution in [3.05, 3.63) is 63.0 Å². The van der Waals surface area contributed by atoms with Gasteiger partial charge in [0.2, 0.25) is 0 Å². The maximum Gasteiger partial charge on any atom is 0.269 e. The van der Waals surface area contributed by atoms with Gasteiger partial charge < -0.3 is 5.32 Å². The lowest BCUT2D eigenvalue weighted by Gasteiger charge is -2.12. The van der Waals surface area contributed by atoms with Gasteiger partial charge in [0.05, 0.1) is 5.02 Å². The summed E-state index contributed by atoms with van der Waals surface area (Å²) in [5.74, 6) is 0.167. The number of hydrogen-bond donors (Lipinski definition) is 2. The Morgan fingerprint density at radius 3 is 2.56 bits per heavy atom. The van der Waals surface area contributed by atoms with E-state index in [1.807, 2.05) is 18.2 Å². The number of nitrogens with one attached hydrogen (secondary N) is 2. The van der Waals surface area contributed by atoms with E-state index < -0.39 is 0 Å². The van der Waals surface area contributed by atoms with Gasteiger partial charge in [0, 0.05) is 20.8 Å². The summed E-state index contributed by atoms with van der Waals surface area (Å²) in [6, 6.07) is 13.4. The molecule has 1 atom stereocenters. The number of thiocarbonyl (C=S) groups is 1. The van der Waals surface area contributed by atoms with Gasteiger partial charge in [-0.2, -0.15) is 0 Å². The molecule has 0 spiro atoms. The highest BCUT2D eigenvalue weighted by Crippen LogP contribution is 2.36. The van der Waals surface area contributed by atoms with Crippen LogP contribution in [0.3, 0.4) is 0 Å². The van der Waals surface area contributed by atoms with Crippen molar-refractivity contribution in [1.82, 2.24) is 5.32 Å². The molecule has 0 saturated carbocycles. The highest BCUT2D eigenvalue weighted by molar-refractivity contribution is 7.80. The SMILES string of the molecule is CCC(C)c1ccc(NC(=S)NC(=O)c2sc3cc(Cl)ccc3c2Cl)cc1. The minimum Gasteiger partial charge on any atom is -0.332 e. The average molecular weight is 437 g/mol. The topological polar surface area (TPSA) is 41.1 Å². The van der Waals surface area contributed by atoms with E-state index in [9.17, 15) is 4.79 Å². The predicted octanol–water partition coefficient (Wildman–Crippen LogP) is 6.85. The molecule has 3 aromatic rings. The Balaban J connectivity index is 1.69. The number of benzene rings is 2. The third-order valence-corrected chi connectivity index (χ3v) is 6.47. The highest BCUT2D eigenvalue weighted by atomic mass is 35.5. The van der Waals surface area contributed by atoms with Crippen molar-refractivity contribution in [3.63, 3.8) is 0 Å². The molecular formula is C20H18Cl2N2OS2. The van der Waals surface area contributed by atoms with Crippen LogP contribution in [0, 0.1) is 0 Å². The van der Waals surface area contributed by atoms with E-state index in [0.717, 1.165) is 22.2 Å². The maximum absolute atomic E-state index is 12.6. The molecule has 27 heavy (non-hydrogen) atoms. The molecule has 0 aliphatic carbocycles. The first kappa shape index (κ1) is 20.1. The third kappa shape index (κ3) is 4.61. The summed E-state index contributed by atoms with van der Waals surface area (Å²) in [6.45, 7) is 4.35. The summed E-state index contributed by atoms with van der Waals surface area (Å²) in [5.41, 5.74) is 2.09. The van der Waals surface area contributed by atoms with Crippen LogP contribution < -0.4 is 10.6 Å². The third-order valence-electron chi connectivity index (χ3n) is 4.37. The van der Waals surface area contributed by atoms with Gasteiger partial charge in [-0.25, -0.2) is 0 Å². The molecule has 0 bridgehead atoms. The Morgan fingerprint density at radius 1 is 1.19 bits per heavy atom. The van der Waals surface area contributed by atoms with E-state index in [-0.39, 0.29) is 11.0 Å². The molecule has 0 saturated heterocycles. The van der Waals surface area contributed by atoms with E-state index in [0.29, 0.717) is 20.8 Å². The number of amides is 1. The van der Waals surface area contributed by atoms with E-state index >= 15 is 0 Å². The van der Waals surface area contributed by atoms with E-state index in [1.54, 1.807) is 12.1 Å². The van der Waals surface area contributed by atoms with Gasteiger partial charge in [-0.05, 0) is 54.4 Å². The van der Waals surface area contributed by atoms with Gasteiger partial charge in [0.1, 0.15) is 4.88 Å². The quantitative estimate of drug-likeness (QED) is 0.439. The molecule has 1 unspecified atom stereocenters. The van der Waals surface area contributed by atoms with Crippen LogP contribution in [0.15, 0.2) is 42.5 Å². The Hall–Kier alpha value is -1.66. The first-order valence-electron chi connectivity index (χ1n) is 8.49. The van der Waals surface area contributed by atoms with Gasteiger partial charge >= 0.3 is 0 Å². The van der Waals surface area contributed by atoms with Crippen LogP contribution in [0.25, 0.3) is 10.1 Å². The van der Waals surface area contributed by atoms with Gasteiger partial charge in [0.25, 0.3) is 5.91 Å². The number of fused-ring (bicyclic) bond motifs is 1. The summed E-state index contributed by atoms with van der Waals surface area (Å²) in [6.07, 6.45) is 1.09. The highest BCUT2D eigenvalue weighted by Gasteiger charge is 2.18. The second-order valence-corrected chi connectivity index (χ2v) is 8.50. The lowest BCUT2D eigenvalue weighted by atomic mass is 9.99. The first-order valence-corrected chi connectivity index (χ1v) is 10.5.